The topological polar surface area (TPSA) is 82.1 Å². The minimum atomic E-state index is -1.45. The van der Waals surface area contributed by atoms with E-state index in [0.717, 1.165) is 6.08 Å². The molecule has 20 heavy (non-hydrogen) atoms. The molecule has 0 radical (unpaired) electrons. The molecule has 1 heterocycles. The van der Waals surface area contributed by atoms with Crippen LogP contribution in [0.5, 0.6) is 0 Å². The number of thiazole rings is 1. The predicted molar refractivity (Wildman–Crippen MR) is 70.3 cm³/mol. The van der Waals surface area contributed by atoms with E-state index in [1.165, 1.54) is 23.5 Å². The molecule has 102 valence electrons. The number of carboxylic acid groups (broad SMARTS) is 1. The van der Waals surface area contributed by atoms with Gasteiger partial charge in [-0.3, -0.25) is 10.1 Å². The largest absolute Gasteiger partial charge is 0.545 e. The summed E-state index contributed by atoms with van der Waals surface area (Å²) < 4.78 is 12.8. The average Bonchev–Trinajstić information content (AvgIpc) is 2.85. The van der Waals surface area contributed by atoms with Gasteiger partial charge in [0.2, 0.25) is 5.91 Å². The third kappa shape index (κ3) is 3.72. The molecule has 0 saturated heterocycles. The second-order valence-electron chi connectivity index (χ2n) is 3.69. The molecule has 1 amide bonds. The summed E-state index contributed by atoms with van der Waals surface area (Å²) in [5, 5.41) is 14.6. The van der Waals surface area contributed by atoms with Gasteiger partial charge in [0.15, 0.2) is 5.13 Å². The minimum absolute atomic E-state index is 0.317. The van der Waals surface area contributed by atoms with Crippen molar-refractivity contribution >= 4 is 28.3 Å². The van der Waals surface area contributed by atoms with Crippen LogP contribution in [0.25, 0.3) is 11.3 Å². The first-order valence-corrected chi connectivity index (χ1v) is 6.34. The number of carbonyl (C=O) groups is 2. The van der Waals surface area contributed by atoms with Crippen LogP contribution in [0.15, 0.2) is 41.8 Å². The number of hydrogen-bond acceptors (Lipinski definition) is 5. The molecule has 2 aromatic rings. The smallest absolute Gasteiger partial charge is 0.250 e. The highest BCUT2D eigenvalue weighted by Crippen LogP contribution is 2.24. The minimum Gasteiger partial charge on any atom is -0.545 e. The van der Waals surface area contributed by atoms with E-state index < -0.39 is 11.9 Å². The number of carbonyl (C=O) groups excluding carboxylic acids is 2. The molecule has 0 unspecified atom stereocenters. The van der Waals surface area contributed by atoms with Gasteiger partial charge in [0.05, 0.1) is 11.7 Å². The van der Waals surface area contributed by atoms with Gasteiger partial charge in [-0.05, 0) is 30.3 Å². The first kappa shape index (κ1) is 13.9. The second kappa shape index (κ2) is 6.07. The molecule has 1 aromatic heterocycles. The molecule has 0 spiro atoms. The molecule has 2 rings (SSSR count). The fourth-order valence-electron chi connectivity index (χ4n) is 1.38. The van der Waals surface area contributed by atoms with E-state index in [1.54, 1.807) is 17.5 Å². The Kier molecular flexibility index (Phi) is 4.21. The highest BCUT2D eigenvalue weighted by Gasteiger charge is 2.06. The standard InChI is InChI=1S/C13H9FN2O3S/c14-9-3-1-8(2-4-9)10-7-20-13(15-10)16-11(17)5-6-12(18)19/h1-7H,(H,18,19)(H,15,16,17)/p-1. The van der Waals surface area contributed by atoms with Gasteiger partial charge in [-0.15, -0.1) is 11.3 Å². The lowest BCUT2D eigenvalue weighted by atomic mass is 10.2. The number of halogens is 1. The van der Waals surface area contributed by atoms with Crippen molar-refractivity contribution in [2.45, 2.75) is 0 Å². The third-order valence-electron chi connectivity index (χ3n) is 2.25. The average molecular weight is 291 g/mol. The van der Waals surface area contributed by atoms with Crippen LogP contribution in [0.2, 0.25) is 0 Å². The van der Waals surface area contributed by atoms with Crippen LogP contribution in [0, 0.1) is 5.82 Å². The van der Waals surface area contributed by atoms with E-state index >= 15 is 0 Å². The predicted octanol–water partition coefficient (Wildman–Crippen LogP) is 1.19. The molecule has 0 aliphatic rings. The number of nitrogens with zero attached hydrogens (tertiary/aromatic N) is 1. The molecule has 1 aromatic carbocycles. The van der Waals surface area contributed by atoms with Crippen molar-refractivity contribution in [3.8, 4) is 11.3 Å². The van der Waals surface area contributed by atoms with Gasteiger partial charge in [0.25, 0.3) is 0 Å². The van der Waals surface area contributed by atoms with Crippen molar-refractivity contribution in [2.24, 2.45) is 0 Å². The Morgan fingerprint density at radius 2 is 1.95 bits per heavy atom. The first-order chi connectivity index (χ1) is 9.54. The Balaban J connectivity index is 2.07. The highest BCUT2D eigenvalue weighted by atomic mass is 32.1. The van der Waals surface area contributed by atoms with Crippen molar-refractivity contribution in [1.82, 2.24) is 4.98 Å². The number of hydrogen-bond donors (Lipinski definition) is 1. The summed E-state index contributed by atoms with van der Waals surface area (Å²) in [4.78, 5) is 25.6. The number of anilines is 1. The normalized spacial score (nSPS) is 10.7. The number of aromatic nitrogens is 1. The van der Waals surface area contributed by atoms with Crippen LogP contribution in [0.1, 0.15) is 0 Å². The van der Waals surface area contributed by atoms with E-state index in [0.29, 0.717) is 22.5 Å². The lowest BCUT2D eigenvalue weighted by Gasteiger charge is -1.97. The molecule has 1 N–H and O–H groups in total. The fourth-order valence-corrected chi connectivity index (χ4v) is 2.10. The number of nitrogens with one attached hydrogen (secondary N) is 1. The molecule has 5 nitrogen and oxygen atoms in total. The Morgan fingerprint density at radius 1 is 1.25 bits per heavy atom. The molecular formula is C13H8FN2O3S-. The molecule has 0 aliphatic heterocycles. The summed E-state index contributed by atoms with van der Waals surface area (Å²) in [5.74, 6) is -2.41. The number of benzene rings is 1. The molecule has 0 aliphatic carbocycles. The van der Waals surface area contributed by atoms with Crippen molar-refractivity contribution in [3.63, 3.8) is 0 Å². The quantitative estimate of drug-likeness (QED) is 0.858. The van der Waals surface area contributed by atoms with Crippen LogP contribution in [0.3, 0.4) is 0 Å². The molecule has 0 atom stereocenters. The Bertz CT molecular complexity index is 665. The van der Waals surface area contributed by atoms with E-state index in [4.69, 9.17) is 0 Å². The zero-order valence-corrected chi connectivity index (χ0v) is 10.8. The second-order valence-corrected chi connectivity index (χ2v) is 4.54. The maximum absolute atomic E-state index is 12.8. The summed E-state index contributed by atoms with van der Waals surface area (Å²) >= 11 is 1.18. The van der Waals surface area contributed by atoms with Crippen LogP contribution in [-0.2, 0) is 9.59 Å². The van der Waals surface area contributed by atoms with Gasteiger partial charge in [0, 0.05) is 17.0 Å². The summed E-state index contributed by atoms with van der Waals surface area (Å²) in [6.45, 7) is 0. The van der Waals surface area contributed by atoms with Crippen LogP contribution in [0.4, 0.5) is 9.52 Å². The zero-order valence-electron chi connectivity index (χ0n) is 10.00. The van der Waals surface area contributed by atoms with E-state index in [-0.39, 0.29) is 5.82 Å². The lowest BCUT2D eigenvalue weighted by Crippen LogP contribution is -2.20. The van der Waals surface area contributed by atoms with Crippen molar-refractivity contribution in [3.05, 3.63) is 47.6 Å². The maximum atomic E-state index is 12.8. The number of carboxylic acids is 1. The maximum Gasteiger partial charge on any atom is 0.250 e. The Morgan fingerprint density at radius 3 is 2.60 bits per heavy atom. The number of aliphatic carboxylic acids is 1. The molecule has 0 bridgehead atoms. The van der Waals surface area contributed by atoms with Crippen LogP contribution >= 0.6 is 11.3 Å². The summed E-state index contributed by atoms with van der Waals surface area (Å²) in [5.41, 5.74) is 1.31. The van der Waals surface area contributed by atoms with Gasteiger partial charge in [-0.1, -0.05) is 0 Å². The lowest BCUT2D eigenvalue weighted by molar-refractivity contribution is -0.297. The van der Waals surface area contributed by atoms with E-state index in [1.807, 2.05) is 0 Å². The van der Waals surface area contributed by atoms with Crippen molar-refractivity contribution < 1.29 is 19.1 Å². The van der Waals surface area contributed by atoms with Gasteiger partial charge in [0.1, 0.15) is 5.82 Å². The molecule has 0 fully saturated rings. The zero-order chi connectivity index (χ0) is 14.5. The first-order valence-electron chi connectivity index (χ1n) is 5.46. The van der Waals surface area contributed by atoms with E-state index in [9.17, 15) is 19.1 Å². The SMILES string of the molecule is O=C([O-])C=CC(=O)Nc1nc(-c2ccc(F)cc2)cs1. The monoisotopic (exact) mass is 291 g/mol. The third-order valence-corrected chi connectivity index (χ3v) is 3.00. The van der Waals surface area contributed by atoms with Gasteiger partial charge in [-0.25, -0.2) is 9.37 Å². The highest BCUT2D eigenvalue weighted by molar-refractivity contribution is 7.14. The van der Waals surface area contributed by atoms with E-state index in [2.05, 4.69) is 10.3 Å². The number of rotatable bonds is 4. The van der Waals surface area contributed by atoms with Crippen LogP contribution < -0.4 is 10.4 Å². The van der Waals surface area contributed by atoms with Crippen molar-refractivity contribution in [2.75, 3.05) is 5.32 Å². The Labute approximate surface area is 117 Å². The summed E-state index contributed by atoms with van der Waals surface area (Å²) in [6, 6.07) is 5.78. The van der Waals surface area contributed by atoms with Gasteiger partial charge in [-0.2, -0.15) is 0 Å². The van der Waals surface area contributed by atoms with Gasteiger partial charge < -0.3 is 9.90 Å². The van der Waals surface area contributed by atoms with Crippen molar-refractivity contribution in [1.29, 1.82) is 0 Å². The molecular weight excluding hydrogens is 283 g/mol. The molecule has 7 heteroatoms. The number of amides is 1. The molecule has 0 saturated carbocycles. The van der Waals surface area contributed by atoms with Crippen LogP contribution in [-0.4, -0.2) is 16.9 Å². The Hall–Kier alpha value is -2.54. The fraction of sp³-hybridized carbons (Fsp3) is 0. The summed E-state index contributed by atoms with van der Waals surface area (Å²) in [7, 11) is 0. The summed E-state index contributed by atoms with van der Waals surface area (Å²) in [6.07, 6.45) is 1.47. The van der Waals surface area contributed by atoms with Gasteiger partial charge >= 0.3 is 0 Å².